The van der Waals surface area contributed by atoms with Crippen LogP contribution in [0.5, 0.6) is 5.75 Å². The second-order valence-corrected chi connectivity index (χ2v) is 10.3. The molecule has 8 nitrogen and oxygen atoms in total. The maximum Gasteiger partial charge on any atom is 0.417 e. The number of rotatable bonds is 6. The molecule has 2 saturated heterocycles. The number of nitrogens with one attached hydrogen (secondary N) is 3. The number of ether oxygens (including phenoxy) is 2. The molecule has 1 aromatic carbocycles. The van der Waals surface area contributed by atoms with Gasteiger partial charge in [0, 0.05) is 35.7 Å². The van der Waals surface area contributed by atoms with E-state index in [0.29, 0.717) is 29.8 Å². The fraction of sp³-hybridized carbons (Fsp3) is 0.538. The van der Waals surface area contributed by atoms with Crippen LogP contribution in [0, 0.1) is 17.6 Å². The van der Waals surface area contributed by atoms with Crippen LogP contribution in [0.15, 0.2) is 24.4 Å². The van der Waals surface area contributed by atoms with Crippen molar-refractivity contribution in [1.29, 1.82) is 0 Å². The van der Waals surface area contributed by atoms with Crippen molar-refractivity contribution in [3.05, 3.63) is 47.4 Å². The number of pyridine rings is 1. The number of imidazole rings is 1. The molecule has 5 rings (SSSR count). The van der Waals surface area contributed by atoms with Crippen LogP contribution in [0.1, 0.15) is 50.1 Å². The topological polar surface area (TPSA) is 104 Å². The third kappa shape index (κ3) is 4.70. The Hall–Kier alpha value is -3.03. The first-order valence-electron chi connectivity index (χ1n) is 12.7. The van der Waals surface area contributed by atoms with E-state index in [1.807, 2.05) is 0 Å². The number of hydrogen-bond acceptors (Lipinski definition) is 7. The predicted molar refractivity (Wildman–Crippen MR) is 133 cm³/mol. The largest absolute Gasteiger partial charge is 0.493 e. The lowest BCUT2D eigenvalue weighted by Gasteiger charge is -2.32. The number of fused-ring (bicyclic) bond motifs is 1. The Morgan fingerprint density at radius 3 is 2.72 bits per heavy atom. The van der Waals surface area contributed by atoms with Crippen LogP contribution in [-0.4, -0.2) is 64.2 Å². The summed E-state index contributed by atoms with van der Waals surface area (Å²) in [5, 5.41) is 16.1. The van der Waals surface area contributed by atoms with Crippen molar-refractivity contribution in [3.63, 3.8) is 0 Å². The molecule has 212 valence electrons. The number of H-pyrrole nitrogens is 1. The summed E-state index contributed by atoms with van der Waals surface area (Å²) in [6.07, 6.45) is -3.08. The molecular weight excluding hydrogens is 525 g/mol. The molecule has 3 aromatic rings. The summed E-state index contributed by atoms with van der Waals surface area (Å²) < 4.78 is 82.5. The van der Waals surface area contributed by atoms with Gasteiger partial charge in [-0.25, -0.2) is 14.4 Å². The van der Waals surface area contributed by atoms with E-state index in [1.165, 1.54) is 13.0 Å². The zero-order valence-electron chi connectivity index (χ0n) is 21.6. The lowest BCUT2D eigenvalue weighted by molar-refractivity contribution is -0.275. The van der Waals surface area contributed by atoms with Crippen LogP contribution in [0.3, 0.4) is 0 Å². The van der Waals surface area contributed by atoms with E-state index < -0.39 is 47.1 Å². The molecule has 4 N–H and O–H groups in total. The van der Waals surface area contributed by atoms with Gasteiger partial charge in [0.1, 0.15) is 17.4 Å². The number of hydrogen-bond donors (Lipinski definition) is 4. The molecule has 0 amide bonds. The standard InChI is InChI=1S/C26H30F5N5O3/c1-12-18(15-4-5-16(27)19(28)21(15)38-3)22(39-25(12,2)26(29,30)31)24-35-17-7-9-33-23(20(17)36-24)34-13-6-8-32-14(10-13)11-37/h4-5,7,9,12-14,18,22,32,37H,6,8,10-11H2,1-3H3,(H,33,34)(H,35,36)/t12-,13?,14?,18-,22+,25+/m0/s1. The Bertz CT molecular complexity index is 1350. The van der Waals surface area contributed by atoms with Crippen molar-refractivity contribution in [1.82, 2.24) is 20.3 Å². The highest BCUT2D eigenvalue weighted by molar-refractivity contribution is 5.86. The van der Waals surface area contributed by atoms with E-state index in [4.69, 9.17) is 9.47 Å². The third-order valence-corrected chi connectivity index (χ3v) is 8.06. The van der Waals surface area contributed by atoms with Crippen LogP contribution in [0.2, 0.25) is 0 Å². The minimum Gasteiger partial charge on any atom is -0.493 e. The summed E-state index contributed by atoms with van der Waals surface area (Å²) in [6, 6.07) is 3.67. The number of aliphatic hydroxyl groups is 1. The molecule has 2 aliphatic rings. The van der Waals surface area contributed by atoms with Crippen LogP contribution >= 0.6 is 0 Å². The van der Waals surface area contributed by atoms with E-state index in [-0.39, 0.29) is 30.1 Å². The average molecular weight is 556 g/mol. The van der Waals surface area contributed by atoms with Crippen molar-refractivity contribution < 1.29 is 36.5 Å². The molecule has 0 spiro atoms. The molecule has 0 aliphatic carbocycles. The molecule has 39 heavy (non-hydrogen) atoms. The first-order chi connectivity index (χ1) is 18.5. The number of halogens is 5. The monoisotopic (exact) mass is 555 g/mol. The molecule has 2 fully saturated rings. The highest BCUT2D eigenvalue weighted by Crippen LogP contribution is 2.59. The van der Waals surface area contributed by atoms with Gasteiger partial charge >= 0.3 is 6.18 Å². The van der Waals surface area contributed by atoms with E-state index in [0.717, 1.165) is 26.5 Å². The van der Waals surface area contributed by atoms with Gasteiger partial charge in [-0.15, -0.1) is 0 Å². The summed E-state index contributed by atoms with van der Waals surface area (Å²) in [7, 11) is 1.13. The second-order valence-electron chi connectivity index (χ2n) is 10.3. The SMILES string of the molecule is COc1c([C@H]2[C@H](c3nc4c(NC5CCNC(CO)C5)nccc4[nH]3)O[C@@](C)(C(F)(F)F)[C@H]2C)ccc(F)c1F. The summed E-state index contributed by atoms with van der Waals surface area (Å²) in [5.41, 5.74) is -1.64. The van der Waals surface area contributed by atoms with Crippen molar-refractivity contribution >= 4 is 16.9 Å². The van der Waals surface area contributed by atoms with Gasteiger partial charge in [0.25, 0.3) is 0 Å². The quantitative estimate of drug-likeness (QED) is 0.330. The lowest BCUT2D eigenvalue weighted by Crippen LogP contribution is -2.46. The normalized spacial score (nSPS) is 29.6. The maximum atomic E-state index is 14.7. The van der Waals surface area contributed by atoms with E-state index >= 15 is 0 Å². The van der Waals surface area contributed by atoms with Gasteiger partial charge in [0.05, 0.1) is 19.2 Å². The van der Waals surface area contributed by atoms with Crippen LogP contribution in [0.4, 0.5) is 27.8 Å². The van der Waals surface area contributed by atoms with Crippen LogP contribution in [-0.2, 0) is 4.74 Å². The third-order valence-electron chi connectivity index (χ3n) is 8.06. The molecule has 0 radical (unpaired) electrons. The number of alkyl halides is 3. The Labute approximate surface area is 221 Å². The zero-order chi connectivity index (χ0) is 28.1. The fourth-order valence-electron chi connectivity index (χ4n) is 5.71. The zero-order valence-corrected chi connectivity index (χ0v) is 21.6. The first kappa shape index (κ1) is 27.5. The molecule has 2 aliphatic heterocycles. The average Bonchev–Trinajstić information content (AvgIpc) is 3.46. The summed E-state index contributed by atoms with van der Waals surface area (Å²) in [6.45, 7) is 3.01. The van der Waals surface area contributed by atoms with Crippen molar-refractivity contribution in [3.8, 4) is 5.75 Å². The molecule has 2 aromatic heterocycles. The molecule has 2 unspecified atom stereocenters. The Kier molecular flexibility index (Phi) is 7.18. The van der Waals surface area contributed by atoms with Gasteiger partial charge < -0.3 is 30.2 Å². The van der Waals surface area contributed by atoms with Gasteiger partial charge in [-0.2, -0.15) is 17.6 Å². The lowest BCUT2D eigenvalue weighted by atomic mass is 9.77. The van der Waals surface area contributed by atoms with E-state index in [9.17, 15) is 27.1 Å². The van der Waals surface area contributed by atoms with Crippen molar-refractivity contribution in [2.45, 2.75) is 62.6 Å². The summed E-state index contributed by atoms with van der Waals surface area (Å²) >= 11 is 0. The number of benzene rings is 1. The Morgan fingerprint density at radius 2 is 2.03 bits per heavy atom. The highest BCUT2D eigenvalue weighted by atomic mass is 19.4. The number of aromatic amines is 1. The molecule has 0 saturated carbocycles. The van der Waals surface area contributed by atoms with Gasteiger partial charge in [-0.3, -0.25) is 0 Å². The smallest absolute Gasteiger partial charge is 0.417 e. The van der Waals surface area contributed by atoms with Gasteiger partial charge in [-0.05, 0) is 38.4 Å². The number of methoxy groups -OCH3 is 1. The van der Waals surface area contributed by atoms with Gasteiger partial charge in [0.2, 0.25) is 5.82 Å². The first-order valence-corrected chi connectivity index (χ1v) is 12.7. The summed E-state index contributed by atoms with van der Waals surface area (Å²) in [4.78, 5) is 12.1. The predicted octanol–water partition coefficient (Wildman–Crippen LogP) is 4.58. The van der Waals surface area contributed by atoms with E-state index in [1.54, 1.807) is 12.3 Å². The molecule has 4 heterocycles. The summed E-state index contributed by atoms with van der Waals surface area (Å²) in [5.74, 6) is -4.70. The Morgan fingerprint density at radius 1 is 1.26 bits per heavy atom. The minimum absolute atomic E-state index is 0.00266. The van der Waals surface area contributed by atoms with Crippen molar-refractivity contribution in [2.24, 2.45) is 5.92 Å². The Balaban J connectivity index is 1.58. The van der Waals surface area contributed by atoms with Gasteiger partial charge in [-0.1, -0.05) is 13.0 Å². The van der Waals surface area contributed by atoms with Crippen LogP contribution < -0.4 is 15.4 Å². The second kappa shape index (κ2) is 10.2. The fourth-order valence-corrected chi connectivity index (χ4v) is 5.71. The molecule has 13 heteroatoms. The number of piperidine rings is 1. The van der Waals surface area contributed by atoms with Crippen molar-refractivity contribution in [2.75, 3.05) is 25.6 Å². The number of anilines is 1. The number of nitrogens with zero attached hydrogens (tertiary/aromatic N) is 2. The minimum atomic E-state index is -4.76. The van der Waals surface area contributed by atoms with Crippen LogP contribution in [0.25, 0.3) is 11.0 Å². The van der Waals surface area contributed by atoms with Gasteiger partial charge in [0.15, 0.2) is 23.0 Å². The maximum absolute atomic E-state index is 14.7. The number of aliphatic hydroxyl groups excluding tert-OH is 1. The highest BCUT2D eigenvalue weighted by Gasteiger charge is 2.65. The molecule has 0 bridgehead atoms. The van der Waals surface area contributed by atoms with E-state index in [2.05, 4.69) is 25.6 Å². The molecular formula is C26H30F5N5O3. The number of aromatic nitrogens is 3. The molecule has 6 atom stereocenters.